The molecule has 100 valence electrons. The average Bonchev–Trinajstić information content (AvgIpc) is 2.87. The number of nitrogens with zero attached hydrogens (tertiary/aromatic N) is 3. The van der Waals surface area contributed by atoms with Gasteiger partial charge in [-0.15, -0.1) is 0 Å². The van der Waals surface area contributed by atoms with Crippen LogP contribution in [0.5, 0.6) is 0 Å². The highest BCUT2D eigenvalue weighted by Crippen LogP contribution is 2.17. The molecular weight excluding hydrogens is 246 g/mol. The molecule has 0 atom stereocenters. The summed E-state index contributed by atoms with van der Waals surface area (Å²) in [6.45, 7) is 2.39. The molecule has 7 nitrogen and oxygen atoms in total. The summed E-state index contributed by atoms with van der Waals surface area (Å²) in [6.07, 6.45) is 3.56. The number of aromatic nitrogens is 3. The summed E-state index contributed by atoms with van der Waals surface area (Å²) in [5, 5.41) is 20.6. The SMILES string of the molecule is Cc1nc(NCCCc2ccn[nH]2)ccc1[N+](=O)[O-]. The highest BCUT2D eigenvalue weighted by Gasteiger charge is 2.11. The molecule has 0 amide bonds. The van der Waals surface area contributed by atoms with E-state index in [1.807, 2.05) is 6.07 Å². The van der Waals surface area contributed by atoms with Gasteiger partial charge in [-0.05, 0) is 31.9 Å². The minimum Gasteiger partial charge on any atom is -0.370 e. The third kappa shape index (κ3) is 3.51. The summed E-state index contributed by atoms with van der Waals surface area (Å²) in [6, 6.07) is 5.04. The van der Waals surface area contributed by atoms with Crippen molar-refractivity contribution in [3.05, 3.63) is 45.9 Å². The van der Waals surface area contributed by atoms with E-state index in [0.717, 1.165) is 25.1 Å². The van der Waals surface area contributed by atoms with Crippen LogP contribution < -0.4 is 5.32 Å². The lowest BCUT2D eigenvalue weighted by Gasteiger charge is -2.05. The van der Waals surface area contributed by atoms with Crippen molar-refractivity contribution in [2.75, 3.05) is 11.9 Å². The Balaban J connectivity index is 1.83. The molecule has 2 heterocycles. The van der Waals surface area contributed by atoms with E-state index in [1.165, 1.54) is 6.07 Å². The number of H-pyrrole nitrogens is 1. The van der Waals surface area contributed by atoms with E-state index in [0.29, 0.717) is 11.5 Å². The topological polar surface area (TPSA) is 96.7 Å². The first-order valence-corrected chi connectivity index (χ1v) is 6.01. The minimum absolute atomic E-state index is 0.0445. The highest BCUT2D eigenvalue weighted by atomic mass is 16.6. The maximum atomic E-state index is 10.7. The van der Waals surface area contributed by atoms with Gasteiger partial charge in [0.15, 0.2) is 0 Å². The molecule has 0 bridgehead atoms. The van der Waals surface area contributed by atoms with Gasteiger partial charge in [0.25, 0.3) is 5.69 Å². The quantitative estimate of drug-likeness (QED) is 0.471. The molecule has 0 spiro atoms. The molecule has 0 saturated heterocycles. The monoisotopic (exact) mass is 261 g/mol. The third-order valence-electron chi connectivity index (χ3n) is 2.74. The Morgan fingerprint density at radius 2 is 2.26 bits per heavy atom. The number of aryl methyl sites for hydroxylation is 2. The molecule has 2 aromatic rings. The first-order valence-electron chi connectivity index (χ1n) is 6.01. The van der Waals surface area contributed by atoms with Crippen LogP contribution in [0.2, 0.25) is 0 Å². The van der Waals surface area contributed by atoms with Crippen molar-refractivity contribution in [1.29, 1.82) is 0 Å². The van der Waals surface area contributed by atoms with E-state index in [2.05, 4.69) is 20.5 Å². The van der Waals surface area contributed by atoms with E-state index in [-0.39, 0.29) is 5.69 Å². The summed E-state index contributed by atoms with van der Waals surface area (Å²) in [5.41, 5.74) is 1.56. The number of nitro groups is 1. The first-order chi connectivity index (χ1) is 9.16. The molecular formula is C12H15N5O2. The number of hydrogen-bond donors (Lipinski definition) is 2. The molecule has 0 fully saturated rings. The zero-order valence-electron chi connectivity index (χ0n) is 10.6. The summed E-state index contributed by atoms with van der Waals surface area (Å²) in [7, 11) is 0. The Morgan fingerprint density at radius 3 is 2.89 bits per heavy atom. The molecule has 7 heteroatoms. The molecule has 19 heavy (non-hydrogen) atoms. The molecule has 0 unspecified atom stereocenters. The van der Waals surface area contributed by atoms with Crippen molar-refractivity contribution in [3.8, 4) is 0 Å². The number of aromatic amines is 1. The van der Waals surface area contributed by atoms with Gasteiger partial charge in [0.05, 0.1) is 4.92 Å². The van der Waals surface area contributed by atoms with Gasteiger partial charge in [-0.3, -0.25) is 15.2 Å². The summed E-state index contributed by atoms with van der Waals surface area (Å²) in [4.78, 5) is 14.4. The second kappa shape index (κ2) is 5.94. The Labute approximate surface area is 110 Å². The Hall–Kier alpha value is -2.44. The predicted molar refractivity (Wildman–Crippen MR) is 71.0 cm³/mol. The second-order valence-electron chi connectivity index (χ2n) is 4.17. The van der Waals surface area contributed by atoms with Crippen LogP contribution in [-0.2, 0) is 6.42 Å². The summed E-state index contributed by atoms with van der Waals surface area (Å²) >= 11 is 0. The second-order valence-corrected chi connectivity index (χ2v) is 4.17. The van der Waals surface area contributed by atoms with Gasteiger partial charge in [-0.25, -0.2) is 4.98 Å². The smallest absolute Gasteiger partial charge is 0.290 e. The standard InChI is InChI=1S/C12H15N5O2/c1-9-11(17(18)19)4-5-12(15-9)13-7-2-3-10-6-8-14-16-10/h4-6,8H,2-3,7H2,1H3,(H,13,15)(H,14,16). The van der Waals surface area contributed by atoms with E-state index in [9.17, 15) is 10.1 Å². The fourth-order valence-electron chi connectivity index (χ4n) is 1.76. The molecule has 0 saturated carbocycles. The van der Waals surface area contributed by atoms with Crippen LogP contribution >= 0.6 is 0 Å². The number of anilines is 1. The van der Waals surface area contributed by atoms with Gasteiger partial charge < -0.3 is 5.32 Å². The van der Waals surface area contributed by atoms with Gasteiger partial charge in [0.1, 0.15) is 11.5 Å². The van der Waals surface area contributed by atoms with Crippen LogP contribution in [0.1, 0.15) is 17.8 Å². The molecule has 0 aromatic carbocycles. The maximum Gasteiger partial charge on any atom is 0.290 e. The van der Waals surface area contributed by atoms with Crippen LogP contribution in [-0.4, -0.2) is 26.6 Å². The lowest BCUT2D eigenvalue weighted by molar-refractivity contribution is -0.385. The van der Waals surface area contributed by atoms with E-state index in [4.69, 9.17) is 0 Å². The van der Waals surface area contributed by atoms with Gasteiger partial charge in [-0.1, -0.05) is 0 Å². The van der Waals surface area contributed by atoms with Crippen LogP contribution in [0.15, 0.2) is 24.4 Å². The van der Waals surface area contributed by atoms with Gasteiger partial charge in [0.2, 0.25) is 0 Å². The van der Waals surface area contributed by atoms with Crippen molar-refractivity contribution in [2.24, 2.45) is 0 Å². The summed E-state index contributed by atoms with van der Waals surface area (Å²) < 4.78 is 0. The maximum absolute atomic E-state index is 10.7. The number of nitrogens with one attached hydrogen (secondary N) is 2. The lowest BCUT2D eigenvalue weighted by Crippen LogP contribution is -2.06. The third-order valence-corrected chi connectivity index (χ3v) is 2.74. The van der Waals surface area contributed by atoms with E-state index >= 15 is 0 Å². The fourth-order valence-corrected chi connectivity index (χ4v) is 1.76. The minimum atomic E-state index is -0.426. The molecule has 0 radical (unpaired) electrons. The Morgan fingerprint density at radius 1 is 1.42 bits per heavy atom. The van der Waals surface area contributed by atoms with Crippen LogP contribution in [0, 0.1) is 17.0 Å². The molecule has 0 aliphatic carbocycles. The number of pyridine rings is 1. The molecule has 2 N–H and O–H groups in total. The normalized spacial score (nSPS) is 10.4. The van der Waals surface area contributed by atoms with Gasteiger partial charge in [-0.2, -0.15) is 5.10 Å². The van der Waals surface area contributed by atoms with Crippen molar-refractivity contribution in [1.82, 2.24) is 15.2 Å². The average molecular weight is 261 g/mol. The number of rotatable bonds is 6. The van der Waals surface area contributed by atoms with Gasteiger partial charge in [0, 0.05) is 24.5 Å². The lowest BCUT2D eigenvalue weighted by atomic mass is 10.2. The van der Waals surface area contributed by atoms with Crippen molar-refractivity contribution in [2.45, 2.75) is 19.8 Å². The van der Waals surface area contributed by atoms with E-state index in [1.54, 1.807) is 19.2 Å². The zero-order chi connectivity index (χ0) is 13.7. The zero-order valence-corrected chi connectivity index (χ0v) is 10.6. The molecule has 0 aliphatic rings. The first kappa shape index (κ1) is 13.0. The molecule has 0 aliphatic heterocycles. The van der Waals surface area contributed by atoms with Crippen LogP contribution in [0.25, 0.3) is 0 Å². The van der Waals surface area contributed by atoms with Crippen LogP contribution in [0.4, 0.5) is 11.5 Å². The molecule has 2 aromatic heterocycles. The van der Waals surface area contributed by atoms with Crippen LogP contribution in [0.3, 0.4) is 0 Å². The van der Waals surface area contributed by atoms with Crippen molar-refractivity contribution in [3.63, 3.8) is 0 Å². The Bertz CT molecular complexity index is 553. The largest absolute Gasteiger partial charge is 0.370 e. The fraction of sp³-hybridized carbons (Fsp3) is 0.333. The summed E-state index contributed by atoms with van der Waals surface area (Å²) in [5.74, 6) is 0.660. The van der Waals surface area contributed by atoms with E-state index < -0.39 is 4.92 Å². The Kier molecular flexibility index (Phi) is 4.07. The highest BCUT2D eigenvalue weighted by molar-refractivity contribution is 5.44. The number of hydrogen-bond acceptors (Lipinski definition) is 5. The van der Waals surface area contributed by atoms with Crippen molar-refractivity contribution >= 4 is 11.5 Å². The molecule has 2 rings (SSSR count). The predicted octanol–water partition coefficient (Wildman–Crippen LogP) is 2.07. The van der Waals surface area contributed by atoms with Crippen molar-refractivity contribution < 1.29 is 4.92 Å². The van der Waals surface area contributed by atoms with Gasteiger partial charge >= 0.3 is 0 Å².